The number of rotatable bonds is 6. The fourth-order valence-corrected chi connectivity index (χ4v) is 4.69. The van der Waals surface area contributed by atoms with Crippen molar-refractivity contribution in [3.05, 3.63) is 0 Å². The Bertz CT molecular complexity index is 520. The van der Waals surface area contributed by atoms with E-state index in [0.717, 1.165) is 6.42 Å². The minimum atomic E-state index is -1.20. The quantitative estimate of drug-likeness (QED) is 0.208. The molecular formula is C18H36N4O7. The van der Waals surface area contributed by atoms with E-state index in [-0.39, 0.29) is 30.7 Å². The van der Waals surface area contributed by atoms with Crippen molar-refractivity contribution < 1.29 is 34.6 Å². The van der Waals surface area contributed by atoms with Gasteiger partial charge in [-0.25, -0.2) is 0 Å². The summed E-state index contributed by atoms with van der Waals surface area (Å²) < 4.78 is 17.6. The van der Waals surface area contributed by atoms with Gasteiger partial charge in [-0.15, -0.1) is 0 Å². The zero-order chi connectivity index (χ0) is 21.3. The maximum Gasteiger partial charge on any atom is 0.186 e. The van der Waals surface area contributed by atoms with Gasteiger partial charge in [0.2, 0.25) is 0 Å². The molecule has 1 saturated heterocycles. The van der Waals surface area contributed by atoms with Crippen LogP contribution in [0.1, 0.15) is 25.7 Å². The van der Waals surface area contributed by atoms with Crippen LogP contribution in [0.5, 0.6) is 0 Å². The average Bonchev–Trinajstić information content (AvgIpc) is 2.96. The molecule has 0 unspecified atom stereocenters. The minimum absolute atomic E-state index is 0.0793. The average molecular weight is 421 g/mol. The Hall–Kier alpha value is -0.440. The molecule has 0 bridgehead atoms. The van der Waals surface area contributed by atoms with Crippen LogP contribution in [0.15, 0.2) is 0 Å². The Balaban J connectivity index is 1.64. The summed E-state index contributed by atoms with van der Waals surface area (Å²) in [6.45, 7) is -0.232. The topological polar surface area (TPSA) is 213 Å². The number of hydrogen-bond donors (Lipinski definition) is 8. The molecule has 0 aromatic rings. The van der Waals surface area contributed by atoms with Crippen molar-refractivity contribution in [1.29, 1.82) is 0 Å². The molecule has 3 rings (SSSR count). The van der Waals surface area contributed by atoms with Gasteiger partial charge in [-0.1, -0.05) is 0 Å². The van der Waals surface area contributed by atoms with Crippen molar-refractivity contribution >= 4 is 0 Å². The second kappa shape index (κ2) is 9.79. The molecule has 0 amide bonds. The van der Waals surface area contributed by atoms with Crippen LogP contribution in [-0.2, 0) is 14.2 Å². The zero-order valence-electron chi connectivity index (χ0n) is 16.5. The van der Waals surface area contributed by atoms with E-state index in [9.17, 15) is 20.4 Å². The highest BCUT2D eigenvalue weighted by Gasteiger charge is 2.50. The van der Waals surface area contributed by atoms with Gasteiger partial charge < -0.3 is 57.6 Å². The third-order valence-electron chi connectivity index (χ3n) is 6.36. The summed E-state index contributed by atoms with van der Waals surface area (Å²) in [6, 6.07) is -1.03. The molecule has 29 heavy (non-hydrogen) atoms. The standard InChI is InChI=1S/C18H36N4O7/c19-5-7-1-11(13(22)15(25)14(7)24)28-17-12(6-23)29-18(16(17)26)27-10-3-8(20)2-9(21)4-10/h7-18,23-26H,1-6,19-22H2/t7-,8-,9+,10-,11-,12+,13-,14+,15+,16+,17+,18+/m0/s1. The second-order valence-electron chi connectivity index (χ2n) is 8.63. The number of hydrogen-bond acceptors (Lipinski definition) is 11. The number of aliphatic hydroxyl groups excluding tert-OH is 4. The highest BCUT2D eigenvalue weighted by molar-refractivity contribution is 4.98. The first-order valence-corrected chi connectivity index (χ1v) is 10.3. The van der Waals surface area contributed by atoms with Crippen LogP contribution in [-0.4, -0.2) is 101 Å². The van der Waals surface area contributed by atoms with Gasteiger partial charge in [-0.2, -0.15) is 0 Å². The molecule has 12 N–H and O–H groups in total. The van der Waals surface area contributed by atoms with Gasteiger partial charge in [0.25, 0.3) is 0 Å². The van der Waals surface area contributed by atoms with E-state index >= 15 is 0 Å². The molecule has 0 aromatic carbocycles. The van der Waals surface area contributed by atoms with Crippen LogP contribution < -0.4 is 22.9 Å². The largest absolute Gasteiger partial charge is 0.394 e. The van der Waals surface area contributed by atoms with E-state index in [1.165, 1.54) is 0 Å². The Morgan fingerprint density at radius 2 is 1.52 bits per heavy atom. The summed E-state index contributed by atoms with van der Waals surface area (Å²) in [7, 11) is 0. The van der Waals surface area contributed by atoms with Gasteiger partial charge in [0.05, 0.1) is 37.1 Å². The molecule has 11 heteroatoms. The second-order valence-corrected chi connectivity index (χ2v) is 8.63. The van der Waals surface area contributed by atoms with E-state index in [0.29, 0.717) is 19.3 Å². The lowest BCUT2D eigenvalue weighted by molar-refractivity contribution is -0.200. The first-order valence-electron chi connectivity index (χ1n) is 10.3. The molecular weight excluding hydrogens is 384 g/mol. The monoisotopic (exact) mass is 420 g/mol. The van der Waals surface area contributed by atoms with Gasteiger partial charge in [0.1, 0.15) is 18.3 Å². The lowest BCUT2D eigenvalue weighted by atomic mass is 9.79. The molecule has 2 saturated carbocycles. The maximum absolute atomic E-state index is 10.7. The molecule has 3 aliphatic rings. The van der Waals surface area contributed by atoms with E-state index < -0.39 is 55.6 Å². The van der Waals surface area contributed by atoms with Crippen LogP contribution in [0.3, 0.4) is 0 Å². The van der Waals surface area contributed by atoms with Crippen molar-refractivity contribution in [3.63, 3.8) is 0 Å². The smallest absolute Gasteiger partial charge is 0.186 e. The fraction of sp³-hybridized carbons (Fsp3) is 1.00. The predicted octanol–water partition coefficient (Wildman–Crippen LogP) is -3.93. The Morgan fingerprint density at radius 1 is 0.862 bits per heavy atom. The third-order valence-corrected chi connectivity index (χ3v) is 6.36. The van der Waals surface area contributed by atoms with Crippen LogP contribution in [0.2, 0.25) is 0 Å². The minimum Gasteiger partial charge on any atom is -0.394 e. The van der Waals surface area contributed by atoms with Gasteiger partial charge >= 0.3 is 0 Å². The Morgan fingerprint density at radius 3 is 2.10 bits per heavy atom. The van der Waals surface area contributed by atoms with Crippen LogP contribution in [0.25, 0.3) is 0 Å². The van der Waals surface area contributed by atoms with Crippen molar-refractivity contribution in [2.24, 2.45) is 28.9 Å². The first kappa shape index (κ1) is 23.2. The maximum atomic E-state index is 10.7. The molecule has 0 spiro atoms. The molecule has 1 aliphatic heterocycles. The summed E-state index contributed by atoms with van der Waals surface area (Å²) >= 11 is 0. The highest BCUT2D eigenvalue weighted by Crippen LogP contribution is 2.33. The Labute approximate surface area is 170 Å². The highest BCUT2D eigenvalue weighted by atomic mass is 16.7. The summed E-state index contributed by atoms with van der Waals surface area (Å²) in [5.74, 6) is -0.390. The van der Waals surface area contributed by atoms with Crippen LogP contribution >= 0.6 is 0 Å². The SMILES string of the molecule is NC[C@@H]1C[C@H](O[C@H]2[C@@H](O)[C@H](O[C@@H]3C[C@H](N)C[C@H](N)C3)O[C@@H]2CO)[C@H](N)[C@@H](O)[C@@H]1O. The summed E-state index contributed by atoms with van der Waals surface area (Å²) in [5.41, 5.74) is 23.7. The number of nitrogens with two attached hydrogens (primary N) is 4. The molecule has 3 fully saturated rings. The van der Waals surface area contributed by atoms with Crippen molar-refractivity contribution in [3.8, 4) is 0 Å². The van der Waals surface area contributed by atoms with Crippen molar-refractivity contribution in [1.82, 2.24) is 0 Å². The summed E-state index contributed by atoms with van der Waals surface area (Å²) in [6.07, 6.45) is -4.84. The lowest BCUT2D eigenvalue weighted by Crippen LogP contribution is -2.61. The predicted molar refractivity (Wildman–Crippen MR) is 102 cm³/mol. The summed E-state index contributed by atoms with van der Waals surface area (Å²) in [4.78, 5) is 0. The fourth-order valence-electron chi connectivity index (χ4n) is 4.69. The van der Waals surface area contributed by atoms with E-state index in [4.69, 9.17) is 37.1 Å². The van der Waals surface area contributed by atoms with Gasteiger partial charge in [0.15, 0.2) is 6.29 Å². The van der Waals surface area contributed by atoms with Crippen molar-refractivity contribution in [2.75, 3.05) is 13.2 Å². The molecule has 2 aliphatic carbocycles. The third kappa shape index (κ3) is 5.08. The van der Waals surface area contributed by atoms with Crippen LogP contribution in [0, 0.1) is 5.92 Å². The zero-order valence-corrected chi connectivity index (χ0v) is 16.5. The first-order chi connectivity index (χ1) is 13.7. The van der Waals surface area contributed by atoms with Gasteiger partial charge in [0, 0.05) is 18.0 Å². The molecule has 170 valence electrons. The normalized spacial score (nSPS) is 51.3. The van der Waals surface area contributed by atoms with Gasteiger partial charge in [-0.3, -0.25) is 0 Å². The lowest BCUT2D eigenvalue weighted by Gasteiger charge is -2.42. The Kier molecular flexibility index (Phi) is 7.84. The molecule has 11 nitrogen and oxygen atoms in total. The number of ether oxygens (including phenoxy) is 3. The van der Waals surface area contributed by atoms with E-state index in [2.05, 4.69) is 0 Å². The summed E-state index contributed by atoms with van der Waals surface area (Å²) in [5, 5.41) is 40.7. The number of aliphatic hydroxyl groups is 4. The van der Waals surface area contributed by atoms with Crippen LogP contribution in [0.4, 0.5) is 0 Å². The molecule has 0 radical (unpaired) electrons. The van der Waals surface area contributed by atoms with E-state index in [1.807, 2.05) is 0 Å². The molecule has 0 aromatic heterocycles. The molecule has 12 atom stereocenters. The van der Waals surface area contributed by atoms with E-state index in [1.54, 1.807) is 0 Å². The van der Waals surface area contributed by atoms with Crippen molar-refractivity contribution in [2.45, 2.75) is 92.8 Å². The molecule has 1 heterocycles. The van der Waals surface area contributed by atoms with Gasteiger partial charge in [-0.05, 0) is 32.2 Å².